The largest absolute Gasteiger partial charge is 0.216 e. The Morgan fingerprint density at radius 1 is 0.425 bits per heavy atom. The van der Waals surface area contributed by atoms with E-state index in [4.69, 9.17) is 4.11 Å². The molecule has 4 unspecified atom stereocenters. The zero-order valence-corrected chi connectivity index (χ0v) is 57.4. The van der Waals surface area contributed by atoms with Crippen LogP contribution in [0.4, 0.5) is 0 Å². The maximum atomic E-state index is 9.30. The number of pyridine rings is 4. The SMILES string of the molecule is Cc1ccc(-c2c3c(cc[n+]2C)C(C)(C)CC3(C)C)c(C)c1.Cc1ccc(-c2c3c(cc[n+]2C)C2CCC3C2)c(C)c1.Cc1ccc(-c2cc3c(c[n+]2C)C(C)(C)CC3(C)C)c(C)c1.[2H]C([2H])([2H])c1ccc(-c2cc3c(c[n+]2C)C2(C)CCC3([2H])C2(C)C)c(C)c1. The molecule has 0 N–H and O–H groups in total. The molecule has 6 aliphatic rings. The van der Waals surface area contributed by atoms with E-state index in [9.17, 15) is 1.37 Å². The van der Waals surface area contributed by atoms with Crippen LogP contribution in [0.3, 0.4) is 0 Å². The van der Waals surface area contributed by atoms with Gasteiger partial charge in [0.25, 0.3) is 0 Å². The molecule has 0 saturated heterocycles. The minimum Gasteiger partial charge on any atom is -0.201 e. The average Bonchev–Trinajstić information content (AvgIpc) is 1.51. The van der Waals surface area contributed by atoms with Crippen LogP contribution in [0.2, 0.25) is 0 Å². The van der Waals surface area contributed by atoms with Crippen LogP contribution in [0.1, 0.15) is 233 Å². The van der Waals surface area contributed by atoms with Crippen molar-refractivity contribution in [3.8, 4) is 45.0 Å². The van der Waals surface area contributed by atoms with Gasteiger partial charge in [-0.1, -0.05) is 147 Å². The van der Waals surface area contributed by atoms with Crippen LogP contribution in [0.15, 0.2) is 122 Å². The minimum atomic E-state index is -2.09. The first-order valence-corrected chi connectivity index (χ1v) is 32.7. The number of fused-ring (bicyclic) bond motifs is 12. The van der Waals surface area contributed by atoms with Gasteiger partial charge in [0, 0.05) is 79.7 Å². The fourth-order valence-corrected chi connectivity index (χ4v) is 18.2. The Balaban J connectivity index is 0.000000125. The van der Waals surface area contributed by atoms with Gasteiger partial charge in [-0.2, -0.15) is 0 Å². The highest BCUT2D eigenvalue weighted by atomic mass is 14.9. The molecular formula is C83H106N4+4. The zero-order valence-electron chi connectivity index (χ0n) is 61.4. The molecule has 14 rings (SSSR count). The van der Waals surface area contributed by atoms with Crippen molar-refractivity contribution in [3.63, 3.8) is 0 Å². The smallest absolute Gasteiger partial charge is 0.201 e. The maximum absolute atomic E-state index is 9.30. The Hall–Kier alpha value is -6.52. The Kier molecular flexibility index (Phi) is 14.3. The molecule has 2 saturated carbocycles. The average molecular weight is 1160 g/mol. The predicted molar refractivity (Wildman–Crippen MR) is 364 cm³/mol. The summed E-state index contributed by atoms with van der Waals surface area (Å²) in [5.41, 5.74) is 32.6. The van der Waals surface area contributed by atoms with E-state index in [1.165, 1.54) is 127 Å². The summed E-state index contributed by atoms with van der Waals surface area (Å²) in [5, 5.41) is 0. The van der Waals surface area contributed by atoms with E-state index in [2.05, 4.69) is 261 Å². The molecule has 8 aromatic rings. The number of nitrogens with zero attached hydrogens (tertiary/aromatic N) is 4. The van der Waals surface area contributed by atoms with Gasteiger partial charge in [0.15, 0.2) is 24.8 Å². The summed E-state index contributed by atoms with van der Waals surface area (Å²) in [6.45, 7) is 38.9. The molecule has 0 spiro atoms. The lowest BCUT2D eigenvalue weighted by Crippen LogP contribution is -2.36. The van der Waals surface area contributed by atoms with Gasteiger partial charge >= 0.3 is 0 Å². The van der Waals surface area contributed by atoms with E-state index in [1.54, 1.807) is 23.3 Å². The summed E-state index contributed by atoms with van der Waals surface area (Å²) in [4.78, 5) is 0. The molecule has 87 heavy (non-hydrogen) atoms. The third kappa shape index (κ3) is 10.7. The molecule has 0 radical (unpaired) electrons. The van der Waals surface area contributed by atoms with Crippen LogP contribution in [0.5, 0.6) is 0 Å². The molecule has 454 valence electrons. The standard InChI is InChI=1S/C22H28N.2C21H28N.C19H22N/c1-14-7-8-16(15(2)11-14)20-12-17-18-9-10-22(5,21(18,3)4)19(17)13-23(20)6;1-14-8-9-16(15(2)10-14)19-11-17-18(12-22(19)7)21(5,6)13-20(17,3)4;1-14-8-9-16(15(2)12-14)19-18-17(10-11-22(19)7)20(3,4)13-21(18,5)6;1-12-4-7-16(13(2)10-12)19-18-15-6-5-14(11-15)17(18)8-9-20(19)3/h7-8,11-13,18H,9-10H2,1-6H3;2*8-12H,13H2,1-7H3;4,7-10,14-15H,5-6,11H2,1-3H3/q4*+1/i1D3,18D;;;. The summed E-state index contributed by atoms with van der Waals surface area (Å²) in [6.07, 6.45) is 17.6. The van der Waals surface area contributed by atoms with Gasteiger partial charge in [0.1, 0.15) is 28.2 Å². The molecule has 4 heteroatoms. The highest BCUT2D eigenvalue weighted by Crippen LogP contribution is 2.67. The first-order chi connectivity index (χ1) is 42.2. The maximum Gasteiger partial charge on any atom is 0.216 e. The van der Waals surface area contributed by atoms with Crippen LogP contribution in [-0.4, -0.2) is 0 Å². The molecule has 0 aliphatic heterocycles. The van der Waals surface area contributed by atoms with Crippen LogP contribution >= 0.6 is 0 Å². The van der Waals surface area contributed by atoms with Crippen molar-refractivity contribution in [1.29, 1.82) is 0 Å². The Morgan fingerprint density at radius 2 is 0.885 bits per heavy atom. The molecule has 4 aromatic heterocycles. The Morgan fingerprint density at radius 3 is 1.46 bits per heavy atom. The Labute approximate surface area is 531 Å². The van der Waals surface area contributed by atoms with E-state index in [1.807, 2.05) is 20.0 Å². The Bertz CT molecular complexity index is 4240. The third-order valence-corrected chi connectivity index (χ3v) is 22.5. The number of rotatable bonds is 4. The highest BCUT2D eigenvalue weighted by molar-refractivity contribution is 5.71. The third-order valence-electron chi connectivity index (χ3n) is 22.5. The van der Waals surface area contributed by atoms with Crippen LogP contribution < -0.4 is 18.3 Å². The number of aryl methyl sites for hydroxylation is 12. The second-order valence-electron chi connectivity index (χ2n) is 31.4. The lowest BCUT2D eigenvalue weighted by molar-refractivity contribution is -0.661. The summed E-state index contributed by atoms with van der Waals surface area (Å²) in [7, 11) is 8.60. The van der Waals surface area contributed by atoms with E-state index < -0.39 is 12.7 Å². The molecule has 4 aromatic carbocycles. The topological polar surface area (TPSA) is 15.5 Å². The van der Waals surface area contributed by atoms with Gasteiger partial charge in [-0.15, -0.1) is 0 Å². The van der Waals surface area contributed by atoms with Crippen molar-refractivity contribution in [2.45, 2.75) is 221 Å². The molecule has 4 atom stereocenters. The fourth-order valence-electron chi connectivity index (χ4n) is 18.2. The van der Waals surface area contributed by atoms with Gasteiger partial charge in [-0.3, -0.25) is 0 Å². The van der Waals surface area contributed by atoms with Crippen LogP contribution in [0, 0.1) is 60.7 Å². The second-order valence-corrected chi connectivity index (χ2v) is 31.4. The molecule has 6 aliphatic carbocycles. The van der Waals surface area contributed by atoms with Crippen molar-refractivity contribution >= 4 is 0 Å². The number of aromatic nitrogens is 4. The van der Waals surface area contributed by atoms with Crippen molar-refractivity contribution in [2.24, 2.45) is 33.6 Å². The summed E-state index contributed by atoms with van der Waals surface area (Å²) < 4.78 is 41.3. The van der Waals surface area contributed by atoms with Crippen LogP contribution in [-0.2, 0) is 55.3 Å². The van der Waals surface area contributed by atoms with Crippen molar-refractivity contribution < 1.29 is 23.8 Å². The lowest BCUT2D eigenvalue weighted by Gasteiger charge is -2.34. The quantitative estimate of drug-likeness (QED) is 0.156. The van der Waals surface area contributed by atoms with Crippen molar-refractivity contribution in [2.75, 3.05) is 0 Å². The van der Waals surface area contributed by atoms with Gasteiger partial charge in [0.2, 0.25) is 22.8 Å². The van der Waals surface area contributed by atoms with Gasteiger partial charge in [-0.25, -0.2) is 18.3 Å². The summed E-state index contributed by atoms with van der Waals surface area (Å²) in [6, 6.07) is 35.1. The van der Waals surface area contributed by atoms with E-state index in [0.717, 1.165) is 47.1 Å². The van der Waals surface area contributed by atoms with Gasteiger partial charge < -0.3 is 0 Å². The van der Waals surface area contributed by atoms with Crippen LogP contribution in [0.25, 0.3) is 45.0 Å². The van der Waals surface area contributed by atoms with E-state index >= 15 is 0 Å². The zero-order chi connectivity index (χ0) is 66.4. The number of hydrogen-bond acceptors (Lipinski definition) is 0. The lowest BCUT2D eigenvalue weighted by atomic mass is 9.69. The first-order valence-electron chi connectivity index (χ1n) is 34.7. The normalized spacial score (nSPS) is 23.5. The molecule has 4 nitrogen and oxygen atoms in total. The van der Waals surface area contributed by atoms with E-state index in [0.29, 0.717) is 5.56 Å². The minimum absolute atomic E-state index is 0.0283. The molecule has 4 heterocycles. The first kappa shape index (κ1) is 57.0. The molecular weight excluding hydrogens is 1050 g/mol. The van der Waals surface area contributed by atoms with Crippen molar-refractivity contribution in [3.05, 3.63) is 211 Å². The highest BCUT2D eigenvalue weighted by Gasteiger charge is 2.60. The fraction of sp³-hybridized carbons (Fsp3) is 0.470. The second kappa shape index (κ2) is 21.9. The van der Waals surface area contributed by atoms with E-state index in [-0.39, 0.29) is 32.5 Å². The van der Waals surface area contributed by atoms with Crippen molar-refractivity contribution in [1.82, 2.24) is 0 Å². The number of hydrogen-bond donors (Lipinski definition) is 0. The monoisotopic (exact) mass is 1160 g/mol. The predicted octanol–water partition coefficient (Wildman–Crippen LogP) is 18.6. The van der Waals surface area contributed by atoms with Gasteiger partial charge in [0.05, 0.1) is 0 Å². The molecule has 2 fully saturated rings. The summed E-state index contributed by atoms with van der Waals surface area (Å²) >= 11 is 0. The van der Waals surface area contributed by atoms with Gasteiger partial charge in [-0.05, 0) is 214 Å². The summed E-state index contributed by atoms with van der Waals surface area (Å²) in [5.74, 6) is 1.07. The molecule has 4 bridgehead atoms. The molecule has 0 amide bonds. The number of benzene rings is 4.